The first-order chi connectivity index (χ1) is 8.08. The standard InChI is InChI=1S/C13H17ClN2O/c1-10-3-4-11(9-12(10)14)13(17)16-7-5-15(2)6-8-16/h3-4,9H,5-8H2,1-2H3. The van der Waals surface area contributed by atoms with E-state index in [1.165, 1.54) is 0 Å². The minimum absolute atomic E-state index is 0.0833. The highest BCUT2D eigenvalue weighted by Crippen LogP contribution is 2.18. The maximum absolute atomic E-state index is 12.2. The van der Waals surface area contributed by atoms with Crippen molar-refractivity contribution in [2.45, 2.75) is 6.92 Å². The molecule has 1 aliphatic heterocycles. The highest BCUT2D eigenvalue weighted by molar-refractivity contribution is 6.31. The van der Waals surface area contributed by atoms with Gasteiger partial charge >= 0.3 is 0 Å². The molecular formula is C13H17ClN2O. The van der Waals surface area contributed by atoms with Gasteiger partial charge in [-0.05, 0) is 31.7 Å². The van der Waals surface area contributed by atoms with E-state index >= 15 is 0 Å². The minimum atomic E-state index is 0.0833. The van der Waals surface area contributed by atoms with E-state index in [1.807, 2.05) is 24.0 Å². The molecule has 0 saturated carbocycles. The maximum atomic E-state index is 12.2. The molecular weight excluding hydrogens is 236 g/mol. The molecule has 1 aromatic carbocycles. The van der Waals surface area contributed by atoms with Crippen LogP contribution in [0.2, 0.25) is 5.02 Å². The molecule has 0 spiro atoms. The van der Waals surface area contributed by atoms with Crippen molar-refractivity contribution in [2.24, 2.45) is 0 Å². The molecule has 92 valence electrons. The number of nitrogens with zero attached hydrogens (tertiary/aromatic N) is 2. The van der Waals surface area contributed by atoms with Gasteiger partial charge in [0, 0.05) is 36.8 Å². The van der Waals surface area contributed by atoms with Crippen LogP contribution in [0, 0.1) is 6.92 Å². The van der Waals surface area contributed by atoms with Gasteiger partial charge in [0.05, 0.1) is 0 Å². The van der Waals surface area contributed by atoms with Gasteiger partial charge in [0.1, 0.15) is 0 Å². The average molecular weight is 253 g/mol. The molecule has 0 unspecified atom stereocenters. The summed E-state index contributed by atoms with van der Waals surface area (Å²) >= 11 is 6.04. The van der Waals surface area contributed by atoms with Gasteiger partial charge in [0.25, 0.3) is 5.91 Å². The summed E-state index contributed by atoms with van der Waals surface area (Å²) in [6.07, 6.45) is 0. The lowest BCUT2D eigenvalue weighted by molar-refractivity contribution is 0.0664. The van der Waals surface area contributed by atoms with E-state index < -0.39 is 0 Å². The molecule has 1 heterocycles. The number of amides is 1. The fourth-order valence-electron chi connectivity index (χ4n) is 1.92. The van der Waals surface area contributed by atoms with Crippen LogP contribution >= 0.6 is 11.6 Å². The SMILES string of the molecule is Cc1ccc(C(=O)N2CCN(C)CC2)cc1Cl. The van der Waals surface area contributed by atoms with Gasteiger partial charge in [-0.2, -0.15) is 0 Å². The monoisotopic (exact) mass is 252 g/mol. The first kappa shape index (κ1) is 12.4. The molecule has 4 heteroatoms. The van der Waals surface area contributed by atoms with Crippen LogP contribution in [-0.4, -0.2) is 48.9 Å². The number of rotatable bonds is 1. The average Bonchev–Trinajstić information content (AvgIpc) is 2.33. The van der Waals surface area contributed by atoms with E-state index in [9.17, 15) is 4.79 Å². The van der Waals surface area contributed by atoms with E-state index in [2.05, 4.69) is 11.9 Å². The molecule has 3 nitrogen and oxygen atoms in total. The molecule has 1 amide bonds. The van der Waals surface area contributed by atoms with Crippen LogP contribution in [0.5, 0.6) is 0 Å². The number of hydrogen-bond donors (Lipinski definition) is 0. The summed E-state index contributed by atoms with van der Waals surface area (Å²) in [5.74, 6) is 0.0833. The molecule has 1 saturated heterocycles. The van der Waals surface area contributed by atoms with Crippen LogP contribution in [0.25, 0.3) is 0 Å². The number of carbonyl (C=O) groups excluding carboxylic acids is 1. The predicted molar refractivity (Wildman–Crippen MR) is 69.6 cm³/mol. The van der Waals surface area contributed by atoms with Crippen molar-refractivity contribution in [2.75, 3.05) is 33.2 Å². The summed E-state index contributed by atoms with van der Waals surface area (Å²) in [4.78, 5) is 16.3. The highest BCUT2D eigenvalue weighted by Gasteiger charge is 2.20. The molecule has 0 atom stereocenters. The van der Waals surface area contributed by atoms with Crippen LogP contribution in [0.15, 0.2) is 18.2 Å². The lowest BCUT2D eigenvalue weighted by atomic mass is 10.1. The van der Waals surface area contributed by atoms with E-state index in [1.54, 1.807) is 6.07 Å². The quantitative estimate of drug-likeness (QED) is 0.764. The van der Waals surface area contributed by atoms with Gasteiger partial charge in [-0.25, -0.2) is 0 Å². The van der Waals surface area contributed by atoms with Crippen molar-refractivity contribution in [3.63, 3.8) is 0 Å². The summed E-state index contributed by atoms with van der Waals surface area (Å²) in [6.45, 7) is 5.39. The molecule has 0 aliphatic carbocycles. The smallest absolute Gasteiger partial charge is 0.253 e. The van der Waals surface area contributed by atoms with E-state index in [0.29, 0.717) is 10.6 Å². The zero-order valence-corrected chi connectivity index (χ0v) is 11.0. The van der Waals surface area contributed by atoms with Crippen molar-refractivity contribution in [3.05, 3.63) is 34.3 Å². The Labute approximate surface area is 107 Å². The number of carbonyl (C=O) groups is 1. The molecule has 1 fully saturated rings. The lowest BCUT2D eigenvalue weighted by Crippen LogP contribution is -2.47. The highest BCUT2D eigenvalue weighted by atomic mass is 35.5. The number of hydrogen-bond acceptors (Lipinski definition) is 2. The van der Waals surface area contributed by atoms with Gasteiger partial charge in [-0.1, -0.05) is 17.7 Å². The number of halogens is 1. The Morgan fingerprint density at radius 2 is 1.88 bits per heavy atom. The number of likely N-dealkylation sites (N-methyl/N-ethyl adjacent to an activating group) is 1. The third-order valence-corrected chi connectivity index (χ3v) is 3.62. The Bertz CT molecular complexity index is 425. The molecule has 2 rings (SSSR count). The predicted octanol–water partition coefficient (Wildman–Crippen LogP) is 2.04. The van der Waals surface area contributed by atoms with Crippen LogP contribution in [0.1, 0.15) is 15.9 Å². The van der Waals surface area contributed by atoms with Gasteiger partial charge in [-0.3, -0.25) is 4.79 Å². The fourth-order valence-corrected chi connectivity index (χ4v) is 2.10. The zero-order valence-electron chi connectivity index (χ0n) is 10.2. The Balaban J connectivity index is 2.11. The van der Waals surface area contributed by atoms with Crippen LogP contribution in [-0.2, 0) is 0 Å². The Hall–Kier alpha value is -1.06. The number of aryl methyl sites for hydroxylation is 1. The van der Waals surface area contributed by atoms with Crippen molar-refractivity contribution >= 4 is 17.5 Å². The largest absolute Gasteiger partial charge is 0.336 e. The molecule has 0 N–H and O–H groups in total. The maximum Gasteiger partial charge on any atom is 0.253 e. The van der Waals surface area contributed by atoms with Gasteiger partial charge in [-0.15, -0.1) is 0 Å². The summed E-state index contributed by atoms with van der Waals surface area (Å²) in [5.41, 5.74) is 1.69. The molecule has 0 radical (unpaired) electrons. The lowest BCUT2D eigenvalue weighted by Gasteiger charge is -2.32. The second-order valence-corrected chi connectivity index (χ2v) is 4.97. The van der Waals surface area contributed by atoms with Gasteiger partial charge in [0.15, 0.2) is 0 Å². The summed E-state index contributed by atoms with van der Waals surface area (Å²) in [5, 5.41) is 0.657. The van der Waals surface area contributed by atoms with E-state index in [0.717, 1.165) is 31.7 Å². The van der Waals surface area contributed by atoms with Crippen molar-refractivity contribution < 1.29 is 4.79 Å². The van der Waals surface area contributed by atoms with Crippen LogP contribution < -0.4 is 0 Å². The van der Waals surface area contributed by atoms with Gasteiger partial charge < -0.3 is 9.80 Å². The first-order valence-corrected chi connectivity index (χ1v) is 6.19. The number of benzene rings is 1. The van der Waals surface area contributed by atoms with E-state index in [-0.39, 0.29) is 5.91 Å². The third kappa shape index (κ3) is 2.79. The second-order valence-electron chi connectivity index (χ2n) is 4.56. The normalized spacial score (nSPS) is 17.2. The molecule has 0 bridgehead atoms. The Morgan fingerprint density at radius 3 is 2.47 bits per heavy atom. The van der Waals surface area contributed by atoms with Crippen molar-refractivity contribution in [1.82, 2.24) is 9.80 Å². The van der Waals surface area contributed by atoms with Crippen LogP contribution in [0.3, 0.4) is 0 Å². The van der Waals surface area contributed by atoms with Gasteiger partial charge in [0.2, 0.25) is 0 Å². The Kier molecular flexibility index (Phi) is 3.69. The minimum Gasteiger partial charge on any atom is -0.336 e. The van der Waals surface area contributed by atoms with Crippen LogP contribution in [0.4, 0.5) is 0 Å². The fraction of sp³-hybridized carbons (Fsp3) is 0.462. The molecule has 1 aliphatic rings. The third-order valence-electron chi connectivity index (χ3n) is 3.21. The summed E-state index contributed by atoms with van der Waals surface area (Å²) < 4.78 is 0. The zero-order chi connectivity index (χ0) is 12.4. The molecule has 0 aromatic heterocycles. The molecule has 17 heavy (non-hydrogen) atoms. The topological polar surface area (TPSA) is 23.6 Å². The molecule has 1 aromatic rings. The van der Waals surface area contributed by atoms with Crippen molar-refractivity contribution in [1.29, 1.82) is 0 Å². The summed E-state index contributed by atoms with van der Waals surface area (Å²) in [7, 11) is 2.07. The van der Waals surface area contributed by atoms with E-state index in [4.69, 9.17) is 11.6 Å². The number of piperazine rings is 1. The Morgan fingerprint density at radius 1 is 1.24 bits per heavy atom. The summed E-state index contributed by atoms with van der Waals surface area (Å²) in [6, 6.07) is 5.51. The van der Waals surface area contributed by atoms with Crippen molar-refractivity contribution in [3.8, 4) is 0 Å². The first-order valence-electron chi connectivity index (χ1n) is 5.82. The second kappa shape index (κ2) is 5.07.